The Bertz CT molecular complexity index is 525. The van der Waals surface area contributed by atoms with Gasteiger partial charge >= 0.3 is 5.97 Å². The van der Waals surface area contributed by atoms with Crippen LogP contribution in [-0.4, -0.2) is 12.6 Å². The molecule has 0 spiro atoms. The average Bonchev–Trinajstić information content (AvgIpc) is 2.77. The van der Waals surface area contributed by atoms with Gasteiger partial charge in [-0.3, -0.25) is 0 Å². The summed E-state index contributed by atoms with van der Waals surface area (Å²) in [5, 5.41) is 0. The average molecular weight is 417 g/mol. The molecule has 1 atom stereocenters. The topological polar surface area (TPSA) is 26.3 Å². The lowest BCUT2D eigenvalue weighted by atomic mass is 9.80. The van der Waals surface area contributed by atoms with Crippen molar-refractivity contribution in [3.8, 4) is 0 Å². The fourth-order valence-electron chi connectivity index (χ4n) is 4.18. The van der Waals surface area contributed by atoms with E-state index in [0.717, 1.165) is 6.42 Å². The van der Waals surface area contributed by atoms with E-state index in [1.807, 2.05) is 30.3 Å². The van der Waals surface area contributed by atoms with Crippen molar-refractivity contribution in [1.82, 2.24) is 0 Å². The Morgan fingerprint density at radius 2 is 1.13 bits per heavy atom. The van der Waals surface area contributed by atoms with Crippen molar-refractivity contribution in [2.45, 2.75) is 124 Å². The lowest BCUT2D eigenvalue weighted by Crippen LogP contribution is -2.25. The molecule has 2 heteroatoms. The van der Waals surface area contributed by atoms with Gasteiger partial charge in [-0.2, -0.15) is 0 Å². The molecule has 0 bridgehead atoms. The van der Waals surface area contributed by atoms with E-state index in [4.69, 9.17) is 4.74 Å². The number of hydrogen-bond donors (Lipinski definition) is 0. The summed E-state index contributed by atoms with van der Waals surface area (Å²) in [6.07, 6.45) is 21.0. The zero-order valence-electron chi connectivity index (χ0n) is 20.2. The van der Waals surface area contributed by atoms with Crippen molar-refractivity contribution in [3.05, 3.63) is 35.9 Å². The first kappa shape index (κ1) is 26.7. The second kappa shape index (κ2) is 17.4. The number of carbonyl (C=O) groups excluding carboxylic acids is 1. The van der Waals surface area contributed by atoms with Crippen molar-refractivity contribution in [1.29, 1.82) is 0 Å². The summed E-state index contributed by atoms with van der Waals surface area (Å²) in [4.78, 5) is 12.4. The van der Waals surface area contributed by atoms with Crippen LogP contribution in [-0.2, 0) is 4.74 Å². The molecule has 1 aromatic carbocycles. The number of hydrogen-bond acceptors (Lipinski definition) is 2. The third-order valence-electron chi connectivity index (χ3n) is 6.33. The van der Waals surface area contributed by atoms with E-state index in [2.05, 4.69) is 20.8 Å². The van der Waals surface area contributed by atoms with Gasteiger partial charge in [0.05, 0.1) is 12.2 Å². The molecule has 0 aromatic heterocycles. The summed E-state index contributed by atoms with van der Waals surface area (Å²) in [7, 11) is 0. The highest BCUT2D eigenvalue weighted by Gasteiger charge is 2.25. The van der Waals surface area contributed by atoms with Gasteiger partial charge in [-0.1, -0.05) is 129 Å². The summed E-state index contributed by atoms with van der Waals surface area (Å²) in [5.41, 5.74) is 0.767. The van der Waals surface area contributed by atoms with E-state index < -0.39 is 0 Å². The molecule has 0 aliphatic carbocycles. The maximum Gasteiger partial charge on any atom is 0.338 e. The minimum Gasteiger partial charge on any atom is -0.462 e. The van der Waals surface area contributed by atoms with Gasteiger partial charge in [-0.15, -0.1) is 0 Å². The summed E-state index contributed by atoms with van der Waals surface area (Å²) in [6.45, 7) is 7.42. The summed E-state index contributed by atoms with van der Waals surface area (Å²) in [6, 6.07) is 9.40. The quantitative estimate of drug-likeness (QED) is 0.166. The van der Waals surface area contributed by atoms with Crippen molar-refractivity contribution in [3.63, 3.8) is 0 Å². The molecule has 172 valence electrons. The molecule has 30 heavy (non-hydrogen) atoms. The molecule has 0 radical (unpaired) electrons. The Morgan fingerprint density at radius 3 is 1.60 bits per heavy atom. The van der Waals surface area contributed by atoms with E-state index in [9.17, 15) is 4.79 Å². The second-order valence-electron chi connectivity index (χ2n) is 9.50. The van der Waals surface area contributed by atoms with Crippen LogP contribution in [0.25, 0.3) is 0 Å². The molecular weight excluding hydrogens is 368 g/mol. The minimum absolute atomic E-state index is 0.109. The zero-order chi connectivity index (χ0) is 21.9. The van der Waals surface area contributed by atoms with E-state index in [1.54, 1.807) is 0 Å². The number of unbranched alkanes of at least 4 members (excludes halogenated alkanes) is 12. The van der Waals surface area contributed by atoms with Crippen LogP contribution in [0.15, 0.2) is 30.3 Å². The highest BCUT2D eigenvalue weighted by molar-refractivity contribution is 5.89. The van der Waals surface area contributed by atoms with Gasteiger partial charge in [0.1, 0.15) is 0 Å². The Hall–Kier alpha value is -1.31. The van der Waals surface area contributed by atoms with E-state index in [-0.39, 0.29) is 11.4 Å². The molecule has 1 aromatic rings. The summed E-state index contributed by atoms with van der Waals surface area (Å²) >= 11 is 0. The number of esters is 1. The van der Waals surface area contributed by atoms with Gasteiger partial charge in [0.2, 0.25) is 0 Å². The number of ether oxygens (including phenoxy) is 1. The minimum atomic E-state index is -0.180. The Labute approximate surface area is 187 Å². The molecule has 0 saturated heterocycles. The maximum atomic E-state index is 12.4. The largest absolute Gasteiger partial charge is 0.462 e. The smallest absolute Gasteiger partial charge is 0.338 e. The Morgan fingerprint density at radius 1 is 0.700 bits per heavy atom. The fraction of sp³-hybridized carbons (Fsp3) is 0.750. The molecule has 0 aliphatic heterocycles. The first-order valence-electron chi connectivity index (χ1n) is 12.8. The molecule has 0 saturated carbocycles. The van der Waals surface area contributed by atoms with Gasteiger partial charge in [0.15, 0.2) is 0 Å². The molecule has 0 amide bonds. The Kier molecular flexibility index (Phi) is 15.5. The lowest BCUT2D eigenvalue weighted by molar-refractivity contribution is 0.0264. The van der Waals surface area contributed by atoms with Gasteiger partial charge in [-0.25, -0.2) is 4.79 Å². The SMILES string of the molecule is CCCCCCCCCCC(C)(CCCCCCCC)COC(=O)c1ccccc1. The number of carbonyl (C=O) groups is 1. The molecule has 1 rings (SSSR count). The molecule has 0 N–H and O–H groups in total. The zero-order valence-corrected chi connectivity index (χ0v) is 20.2. The normalized spacial score (nSPS) is 13.2. The van der Waals surface area contributed by atoms with Crippen LogP contribution >= 0.6 is 0 Å². The molecular formula is C28H48O2. The monoisotopic (exact) mass is 416 g/mol. The van der Waals surface area contributed by atoms with Crippen LogP contribution in [0, 0.1) is 5.41 Å². The number of benzene rings is 1. The van der Waals surface area contributed by atoms with E-state index in [0.29, 0.717) is 12.2 Å². The van der Waals surface area contributed by atoms with Gasteiger partial charge in [-0.05, 0) is 25.0 Å². The first-order chi connectivity index (χ1) is 14.6. The van der Waals surface area contributed by atoms with Crippen molar-refractivity contribution >= 4 is 5.97 Å². The molecule has 0 heterocycles. The second-order valence-corrected chi connectivity index (χ2v) is 9.50. The fourth-order valence-corrected chi connectivity index (χ4v) is 4.18. The van der Waals surface area contributed by atoms with Gasteiger partial charge in [0.25, 0.3) is 0 Å². The molecule has 0 aliphatic rings. The molecule has 0 fully saturated rings. The predicted molar refractivity (Wildman–Crippen MR) is 130 cm³/mol. The molecule has 1 unspecified atom stereocenters. The van der Waals surface area contributed by atoms with E-state index >= 15 is 0 Å². The molecule has 2 nitrogen and oxygen atoms in total. The van der Waals surface area contributed by atoms with Crippen LogP contribution in [0.4, 0.5) is 0 Å². The van der Waals surface area contributed by atoms with Crippen molar-refractivity contribution in [2.75, 3.05) is 6.61 Å². The highest BCUT2D eigenvalue weighted by Crippen LogP contribution is 2.32. The summed E-state index contributed by atoms with van der Waals surface area (Å²) in [5.74, 6) is -0.180. The van der Waals surface area contributed by atoms with E-state index in [1.165, 1.54) is 96.3 Å². The number of rotatable bonds is 19. The first-order valence-corrected chi connectivity index (χ1v) is 12.8. The Balaban J connectivity index is 2.40. The van der Waals surface area contributed by atoms with Crippen molar-refractivity contribution < 1.29 is 9.53 Å². The lowest BCUT2D eigenvalue weighted by Gasteiger charge is -2.29. The highest BCUT2D eigenvalue weighted by atomic mass is 16.5. The van der Waals surface area contributed by atoms with Crippen LogP contribution in [0.3, 0.4) is 0 Å². The van der Waals surface area contributed by atoms with Crippen LogP contribution in [0.1, 0.15) is 134 Å². The third-order valence-corrected chi connectivity index (χ3v) is 6.33. The maximum absolute atomic E-state index is 12.4. The van der Waals surface area contributed by atoms with Crippen LogP contribution < -0.4 is 0 Å². The van der Waals surface area contributed by atoms with Crippen molar-refractivity contribution in [2.24, 2.45) is 5.41 Å². The van der Waals surface area contributed by atoms with Gasteiger partial charge in [0, 0.05) is 5.41 Å². The van der Waals surface area contributed by atoms with Crippen LogP contribution in [0.2, 0.25) is 0 Å². The summed E-state index contributed by atoms with van der Waals surface area (Å²) < 4.78 is 5.77. The van der Waals surface area contributed by atoms with Gasteiger partial charge < -0.3 is 4.74 Å². The third kappa shape index (κ3) is 13.1. The standard InChI is InChI=1S/C28H48O2/c1-4-6-8-10-12-13-15-20-24-28(3,23-19-14-11-9-7-5-2)25-30-27(29)26-21-17-16-18-22-26/h16-18,21-22H,4-15,19-20,23-25H2,1-3H3. The van der Waals surface area contributed by atoms with Crippen LogP contribution in [0.5, 0.6) is 0 Å². The predicted octanol–water partition coefficient (Wildman–Crippen LogP) is 9.13.